The zero-order valence-electron chi connectivity index (χ0n) is 22.5. The minimum absolute atomic E-state index is 0.121. The molecular weight excluding hydrogens is 508 g/mol. The Morgan fingerprint density at radius 1 is 1.08 bits per heavy atom. The third-order valence-corrected chi connectivity index (χ3v) is 8.38. The zero-order valence-corrected chi connectivity index (χ0v) is 23.2. The van der Waals surface area contributed by atoms with Gasteiger partial charge in [0.15, 0.2) is 0 Å². The van der Waals surface area contributed by atoms with Crippen molar-refractivity contribution >= 4 is 34.1 Å². The van der Waals surface area contributed by atoms with Crippen molar-refractivity contribution in [3.05, 3.63) is 82.9 Å². The molecule has 1 aromatic heterocycles. The number of carbonyl (C=O) groups is 1. The molecule has 2 bridgehead atoms. The fourth-order valence-electron chi connectivity index (χ4n) is 6.16. The molecule has 4 aromatic rings. The predicted octanol–water partition coefficient (Wildman–Crippen LogP) is 7.16. The van der Waals surface area contributed by atoms with Crippen LogP contribution in [0.2, 0.25) is 5.02 Å². The van der Waals surface area contributed by atoms with Crippen LogP contribution in [0.4, 0.5) is 5.69 Å². The number of fused-ring (bicyclic) bond motifs is 3. The molecule has 1 amide bonds. The fraction of sp³-hybridized carbons (Fsp3) is 0.375. The van der Waals surface area contributed by atoms with Crippen molar-refractivity contribution in [2.75, 3.05) is 18.1 Å². The van der Waals surface area contributed by atoms with E-state index in [0.29, 0.717) is 28.6 Å². The molecule has 202 valence electrons. The topological polar surface area (TPSA) is 70.2 Å². The summed E-state index contributed by atoms with van der Waals surface area (Å²) in [4.78, 5) is 16.0. The summed E-state index contributed by atoms with van der Waals surface area (Å²) in [5, 5.41) is 12.6. The molecule has 0 saturated carbocycles. The summed E-state index contributed by atoms with van der Waals surface area (Å²) in [6.07, 6.45) is 4.44. The summed E-state index contributed by atoms with van der Waals surface area (Å²) in [6.45, 7) is 5.91. The molecule has 39 heavy (non-hydrogen) atoms. The Bertz CT molecular complexity index is 1440. The maximum absolute atomic E-state index is 13.4. The van der Waals surface area contributed by atoms with E-state index in [1.165, 1.54) is 24.9 Å². The van der Waals surface area contributed by atoms with E-state index < -0.39 is 0 Å². The van der Waals surface area contributed by atoms with E-state index in [-0.39, 0.29) is 11.9 Å². The highest BCUT2D eigenvalue weighted by Crippen LogP contribution is 2.35. The maximum atomic E-state index is 13.4. The SMILES string of the molecule is CC(C)CC(NC(=O)c1ccc2[nH]nc(-c3ccc(N4C5CCCC4COC5)cc3)c2c1)c1ccccc1Cl. The molecule has 3 unspecified atom stereocenters. The predicted molar refractivity (Wildman–Crippen MR) is 157 cm³/mol. The molecular formula is C32H35ClN4O2. The molecule has 2 aliphatic rings. The number of aromatic amines is 1. The molecule has 3 heterocycles. The van der Waals surface area contributed by atoms with Crippen molar-refractivity contribution in [1.29, 1.82) is 0 Å². The number of halogens is 1. The van der Waals surface area contributed by atoms with Gasteiger partial charge in [0.2, 0.25) is 0 Å². The van der Waals surface area contributed by atoms with Crippen molar-refractivity contribution < 1.29 is 9.53 Å². The molecule has 2 N–H and O–H groups in total. The van der Waals surface area contributed by atoms with Gasteiger partial charge in [0.05, 0.1) is 42.5 Å². The van der Waals surface area contributed by atoms with Gasteiger partial charge in [-0.1, -0.05) is 55.8 Å². The number of aromatic nitrogens is 2. The second-order valence-electron chi connectivity index (χ2n) is 11.2. The number of hydrogen-bond acceptors (Lipinski definition) is 4. The smallest absolute Gasteiger partial charge is 0.251 e. The van der Waals surface area contributed by atoms with Gasteiger partial charge >= 0.3 is 0 Å². The first-order chi connectivity index (χ1) is 19.0. The lowest BCUT2D eigenvalue weighted by Crippen LogP contribution is -2.55. The summed E-state index contributed by atoms with van der Waals surface area (Å²) < 4.78 is 5.83. The minimum Gasteiger partial charge on any atom is -0.377 e. The van der Waals surface area contributed by atoms with Crippen LogP contribution in [0.25, 0.3) is 22.2 Å². The van der Waals surface area contributed by atoms with Crippen molar-refractivity contribution in [2.24, 2.45) is 5.92 Å². The summed E-state index contributed by atoms with van der Waals surface area (Å²) in [7, 11) is 0. The molecule has 6 nitrogen and oxygen atoms in total. The van der Waals surface area contributed by atoms with E-state index in [0.717, 1.165) is 47.4 Å². The van der Waals surface area contributed by atoms with E-state index in [2.05, 4.69) is 58.5 Å². The third-order valence-electron chi connectivity index (χ3n) is 8.04. The van der Waals surface area contributed by atoms with E-state index in [1.807, 2.05) is 42.5 Å². The Balaban J connectivity index is 1.26. The largest absolute Gasteiger partial charge is 0.377 e. The number of nitrogens with zero attached hydrogens (tertiary/aromatic N) is 2. The lowest BCUT2D eigenvalue weighted by atomic mass is 9.93. The average Bonchev–Trinajstić information content (AvgIpc) is 3.36. The standard InChI is InChI=1S/C32H35ClN4O2/c1-20(2)16-30(26-8-3-4-9-28(26)33)34-32(38)22-12-15-29-27(17-22)31(36-35-29)21-10-13-23(14-11-21)37-24-6-5-7-25(37)19-39-18-24/h3-4,8-15,17,20,24-25,30H,5-7,16,18-19H2,1-2H3,(H,34,38)(H,35,36). The van der Waals surface area contributed by atoms with Gasteiger partial charge in [0.1, 0.15) is 0 Å². The normalized spacial score (nSPS) is 19.8. The second-order valence-corrected chi connectivity index (χ2v) is 11.6. The van der Waals surface area contributed by atoms with Crippen molar-refractivity contribution in [2.45, 2.75) is 57.7 Å². The monoisotopic (exact) mass is 542 g/mol. The summed E-state index contributed by atoms with van der Waals surface area (Å²) in [5.74, 6) is 0.276. The first-order valence-electron chi connectivity index (χ1n) is 14.0. The van der Waals surface area contributed by atoms with Gasteiger partial charge in [-0.15, -0.1) is 0 Å². The van der Waals surface area contributed by atoms with Crippen LogP contribution in [0.1, 0.15) is 61.5 Å². The highest BCUT2D eigenvalue weighted by molar-refractivity contribution is 6.31. The molecule has 7 heteroatoms. The molecule has 2 fully saturated rings. The summed E-state index contributed by atoms with van der Waals surface area (Å²) in [5.41, 5.74) is 5.55. The van der Waals surface area contributed by atoms with Crippen LogP contribution in [-0.2, 0) is 4.74 Å². The fourth-order valence-corrected chi connectivity index (χ4v) is 6.42. The van der Waals surface area contributed by atoms with Gasteiger partial charge in [-0.3, -0.25) is 9.89 Å². The number of ether oxygens (including phenoxy) is 1. The molecule has 3 aromatic carbocycles. The number of rotatable bonds is 7. The zero-order chi connectivity index (χ0) is 26.9. The second kappa shape index (κ2) is 11.0. The summed E-state index contributed by atoms with van der Waals surface area (Å²) in [6, 6.07) is 22.9. The highest BCUT2D eigenvalue weighted by Gasteiger charge is 2.34. The van der Waals surface area contributed by atoms with Gasteiger partial charge in [0.25, 0.3) is 5.91 Å². The van der Waals surface area contributed by atoms with Crippen LogP contribution in [0, 0.1) is 5.92 Å². The van der Waals surface area contributed by atoms with E-state index >= 15 is 0 Å². The number of benzene rings is 3. The molecule has 2 saturated heterocycles. The molecule has 0 aliphatic carbocycles. The van der Waals surface area contributed by atoms with Gasteiger partial charge < -0.3 is 15.0 Å². The van der Waals surface area contributed by atoms with Gasteiger partial charge in [-0.25, -0.2) is 0 Å². The van der Waals surface area contributed by atoms with E-state index in [4.69, 9.17) is 16.3 Å². The number of nitrogens with one attached hydrogen (secondary N) is 2. The molecule has 0 radical (unpaired) electrons. The number of hydrogen-bond donors (Lipinski definition) is 2. The third kappa shape index (κ3) is 5.28. The van der Waals surface area contributed by atoms with Crippen LogP contribution in [0.15, 0.2) is 66.7 Å². The lowest BCUT2D eigenvalue weighted by Gasteiger charge is -2.47. The van der Waals surface area contributed by atoms with Crippen molar-refractivity contribution in [1.82, 2.24) is 15.5 Å². The highest BCUT2D eigenvalue weighted by atomic mass is 35.5. The number of H-pyrrole nitrogens is 1. The first kappa shape index (κ1) is 25.9. The van der Waals surface area contributed by atoms with Crippen LogP contribution in [0.3, 0.4) is 0 Å². The number of carbonyl (C=O) groups excluding carboxylic acids is 1. The van der Waals surface area contributed by atoms with Gasteiger partial charge in [-0.05, 0) is 73.6 Å². The maximum Gasteiger partial charge on any atom is 0.251 e. The molecule has 2 aliphatic heterocycles. The van der Waals surface area contributed by atoms with E-state index in [1.54, 1.807) is 0 Å². The van der Waals surface area contributed by atoms with Gasteiger partial charge in [0, 0.05) is 27.2 Å². The number of anilines is 1. The van der Waals surface area contributed by atoms with Gasteiger partial charge in [-0.2, -0.15) is 5.10 Å². The van der Waals surface area contributed by atoms with Crippen molar-refractivity contribution in [3.63, 3.8) is 0 Å². The Morgan fingerprint density at radius 2 is 1.82 bits per heavy atom. The molecule has 0 spiro atoms. The van der Waals surface area contributed by atoms with Crippen molar-refractivity contribution in [3.8, 4) is 11.3 Å². The van der Waals surface area contributed by atoms with E-state index in [9.17, 15) is 4.79 Å². The number of piperidine rings is 1. The molecule has 6 rings (SSSR count). The van der Waals surface area contributed by atoms with Crippen LogP contribution in [0.5, 0.6) is 0 Å². The number of morpholine rings is 1. The Kier molecular flexibility index (Phi) is 7.32. The first-order valence-corrected chi connectivity index (χ1v) is 14.4. The van der Waals surface area contributed by atoms with Crippen LogP contribution in [-0.4, -0.2) is 41.4 Å². The van der Waals surface area contributed by atoms with Crippen LogP contribution < -0.4 is 10.2 Å². The molecule has 3 atom stereocenters. The average molecular weight is 543 g/mol. The lowest BCUT2D eigenvalue weighted by molar-refractivity contribution is 0.0463. The quantitative estimate of drug-likeness (QED) is 0.260. The Morgan fingerprint density at radius 3 is 2.54 bits per heavy atom. The summed E-state index contributed by atoms with van der Waals surface area (Å²) >= 11 is 6.50. The Hall–Kier alpha value is -3.35. The number of amides is 1. The Labute approximate surface area is 234 Å². The van der Waals surface area contributed by atoms with Crippen LogP contribution >= 0.6 is 11.6 Å². The minimum atomic E-state index is -0.169.